The van der Waals surface area contributed by atoms with Gasteiger partial charge in [0.25, 0.3) is 5.91 Å². The first kappa shape index (κ1) is 16.2. The molecule has 0 radical (unpaired) electrons. The zero-order valence-electron chi connectivity index (χ0n) is 15.2. The molecule has 0 aliphatic carbocycles. The molecule has 8 heteroatoms. The predicted molar refractivity (Wildman–Crippen MR) is 99.5 cm³/mol. The van der Waals surface area contributed by atoms with Crippen molar-refractivity contribution in [2.75, 3.05) is 24.5 Å². The standard InChI is InChI=1S/C19H21N7O/c1-13-16(8-22-17-4-5-23-26(13)17)19(27)25-11-14-2-3-15(25)12-24(10-14)18-9-20-6-7-21-18/h4-9,14-15H,2-3,10-12H2,1H3. The molecule has 138 valence electrons. The second-order valence-electron chi connectivity index (χ2n) is 7.38. The summed E-state index contributed by atoms with van der Waals surface area (Å²) in [6.45, 7) is 4.40. The number of rotatable bonds is 2. The number of carbonyl (C=O) groups is 1. The third-order valence-electron chi connectivity index (χ3n) is 5.73. The number of aryl methyl sites for hydroxylation is 1. The Morgan fingerprint density at radius 2 is 2.00 bits per heavy atom. The van der Waals surface area contributed by atoms with Gasteiger partial charge in [-0.15, -0.1) is 0 Å². The van der Waals surface area contributed by atoms with Gasteiger partial charge in [0, 0.05) is 50.3 Å². The molecule has 0 spiro atoms. The molecule has 3 aliphatic heterocycles. The van der Waals surface area contributed by atoms with Crippen molar-refractivity contribution in [1.82, 2.24) is 29.5 Å². The van der Waals surface area contributed by atoms with E-state index in [1.807, 2.05) is 17.9 Å². The smallest absolute Gasteiger partial charge is 0.257 e. The number of aromatic nitrogens is 5. The Morgan fingerprint density at radius 1 is 1.07 bits per heavy atom. The van der Waals surface area contributed by atoms with Gasteiger partial charge in [0.2, 0.25) is 0 Å². The van der Waals surface area contributed by atoms with Crippen molar-refractivity contribution >= 4 is 17.4 Å². The highest BCUT2D eigenvalue weighted by atomic mass is 16.2. The van der Waals surface area contributed by atoms with E-state index in [0.717, 1.165) is 49.6 Å². The van der Waals surface area contributed by atoms with Gasteiger partial charge in [-0.05, 0) is 25.7 Å². The van der Waals surface area contributed by atoms with Crippen LogP contribution < -0.4 is 4.90 Å². The summed E-state index contributed by atoms with van der Waals surface area (Å²) in [5, 5.41) is 4.28. The van der Waals surface area contributed by atoms with E-state index in [4.69, 9.17) is 0 Å². The summed E-state index contributed by atoms with van der Waals surface area (Å²) in [7, 11) is 0. The highest BCUT2D eigenvalue weighted by Crippen LogP contribution is 2.31. The monoisotopic (exact) mass is 363 g/mol. The van der Waals surface area contributed by atoms with Crippen LogP contribution in [0.1, 0.15) is 28.9 Å². The van der Waals surface area contributed by atoms with Crippen molar-refractivity contribution in [3.8, 4) is 0 Å². The van der Waals surface area contributed by atoms with E-state index in [2.05, 4.69) is 25.0 Å². The summed E-state index contributed by atoms with van der Waals surface area (Å²) in [6, 6.07) is 2.01. The molecule has 3 fully saturated rings. The summed E-state index contributed by atoms with van der Waals surface area (Å²) in [5.74, 6) is 1.38. The average molecular weight is 363 g/mol. The van der Waals surface area contributed by atoms with Crippen molar-refractivity contribution in [2.24, 2.45) is 5.92 Å². The molecule has 2 bridgehead atoms. The topological polar surface area (TPSA) is 79.5 Å². The minimum Gasteiger partial charge on any atom is -0.353 e. The molecule has 2 unspecified atom stereocenters. The molecule has 3 aliphatic rings. The van der Waals surface area contributed by atoms with E-state index in [-0.39, 0.29) is 11.9 Å². The highest BCUT2D eigenvalue weighted by Gasteiger charge is 2.38. The summed E-state index contributed by atoms with van der Waals surface area (Å²) >= 11 is 0. The molecule has 3 aromatic heterocycles. The maximum atomic E-state index is 13.4. The first-order valence-electron chi connectivity index (χ1n) is 9.32. The third kappa shape index (κ3) is 2.72. The van der Waals surface area contributed by atoms with Crippen LogP contribution in [0.4, 0.5) is 5.82 Å². The van der Waals surface area contributed by atoms with Crippen molar-refractivity contribution in [1.29, 1.82) is 0 Å². The van der Waals surface area contributed by atoms with Crippen molar-refractivity contribution in [3.05, 3.63) is 48.3 Å². The molecule has 2 atom stereocenters. The van der Waals surface area contributed by atoms with Crippen LogP contribution in [0.5, 0.6) is 0 Å². The number of nitrogens with zero attached hydrogens (tertiary/aromatic N) is 7. The van der Waals surface area contributed by atoms with Gasteiger partial charge in [-0.3, -0.25) is 9.78 Å². The van der Waals surface area contributed by atoms with Crippen molar-refractivity contribution in [3.63, 3.8) is 0 Å². The molecule has 0 saturated carbocycles. The van der Waals surface area contributed by atoms with Crippen LogP contribution in [-0.4, -0.2) is 61.0 Å². The quantitative estimate of drug-likeness (QED) is 0.688. The zero-order chi connectivity index (χ0) is 18.4. The van der Waals surface area contributed by atoms with Gasteiger partial charge in [0.1, 0.15) is 5.82 Å². The van der Waals surface area contributed by atoms with Gasteiger partial charge in [-0.25, -0.2) is 14.5 Å². The second kappa shape index (κ2) is 6.29. The lowest BCUT2D eigenvalue weighted by Gasteiger charge is -2.36. The molecular formula is C19H21N7O. The number of hydrogen-bond acceptors (Lipinski definition) is 6. The van der Waals surface area contributed by atoms with E-state index in [9.17, 15) is 4.79 Å². The average Bonchev–Trinajstić information content (AvgIpc) is 3.00. The fraction of sp³-hybridized carbons (Fsp3) is 0.421. The Hall–Kier alpha value is -3.03. The maximum Gasteiger partial charge on any atom is 0.257 e. The van der Waals surface area contributed by atoms with Crippen LogP contribution in [-0.2, 0) is 0 Å². The van der Waals surface area contributed by atoms with Gasteiger partial charge in [0.15, 0.2) is 5.65 Å². The fourth-order valence-corrected chi connectivity index (χ4v) is 4.33. The highest BCUT2D eigenvalue weighted by molar-refractivity contribution is 5.95. The summed E-state index contributed by atoms with van der Waals surface area (Å²) in [6.07, 6.45) is 10.8. The van der Waals surface area contributed by atoms with Crippen LogP contribution in [0.25, 0.3) is 5.65 Å². The molecule has 6 heterocycles. The van der Waals surface area contributed by atoms with Crippen LogP contribution in [0, 0.1) is 12.8 Å². The lowest BCUT2D eigenvalue weighted by Crippen LogP contribution is -2.47. The van der Waals surface area contributed by atoms with E-state index in [1.165, 1.54) is 0 Å². The van der Waals surface area contributed by atoms with Gasteiger partial charge < -0.3 is 9.80 Å². The molecule has 0 aromatic carbocycles. The molecule has 3 saturated heterocycles. The number of carbonyl (C=O) groups excluding carboxylic acids is 1. The Labute approximate surface area is 156 Å². The Morgan fingerprint density at radius 3 is 2.85 bits per heavy atom. The lowest BCUT2D eigenvalue weighted by atomic mass is 9.94. The summed E-state index contributed by atoms with van der Waals surface area (Å²) < 4.78 is 1.73. The summed E-state index contributed by atoms with van der Waals surface area (Å²) in [4.78, 5) is 30.7. The number of amides is 1. The van der Waals surface area contributed by atoms with Crippen LogP contribution in [0.15, 0.2) is 37.1 Å². The Balaban J connectivity index is 1.45. The van der Waals surface area contributed by atoms with Gasteiger partial charge in [0.05, 0.1) is 23.7 Å². The van der Waals surface area contributed by atoms with Crippen LogP contribution in [0.3, 0.4) is 0 Å². The van der Waals surface area contributed by atoms with Gasteiger partial charge in [-0.2, -0.15) is 5.10 Å². The van der Waals surface area contributed by atoms with Gasteiger partial charge >= 0.3 is 0 Å². The maximum absolute atomic E-state index is 13.4. The molecule has 27 heavy (non-hydrogen) atoms. The minimum atomic E-state index is 0.0492. The molecule has 6 rings (SSSR count). The molecule has 3 aromatic rings. The van der Waals surface area contributed by atoms with Gasteiger partial charge in [-0.1, -0.05) is 0 Å². The Kier molecular flexibility index (Phi) is 3.77. The van der Waals surface area contributed by atoms with Crippen molar-refractivity contribution in [2.45, 2.75) is 25.8 Å². The minimum absolute atomic E-state index is 0.0492. The first-order valence-corrected chi connectivity index (χ1v) is 9.32. The number of anilines is 1. The number of hydrogen-bond donors (Lipinski definition) is 0. The Bertz CT molecular complexity index is 986. The zero-order valence-corrected chi connectivity index (χ0v) is 15.2. The van der Waals surface area contributed by atoms with E-state index < -0.39 is 0 Å². The van der Waals surface area contributed by atoms with Crippen LogP contribution >= 0.6 is 0 Å². The third-order valence-corrected chi connectivity index (χ3v) is 5.73. The molecule has 8 nitrogen and oxygen atoms in total. The summed E-state index contributed by atoms with van der Waals surface area (Å²) in [5.41, 5.74) is 2.22. The first-order chi connectivity index (χ1) is 13.2. The van der Waals surface area contributed by atoms with E-state index >= 15 is 0 Å². The number of fused-ring (bicyclic) bond motifs is 5. The fourth-order valence-electron chi connectivity index (χ4n) is 4.33. The SMILES string of the molecule is Cc1c(C(=O)N2CC3CCC2CN(c2cnccn2)C3)cnc2ccnn12. The number of piperidine rings is 1. The second-order valence-corrected chi connectivity index (χ2v) is 7.38. The predicted octanol–water partition coefficient (Wildman–Crippen LogP) is 1.57. The van der Waals surface area contributed by atoms with Crippen molar-refractivity contribution < 1.29 is 4.79 Å². The van der Waals surface area contributed by atoms with E-state index in [1.54, 1.807) is 35.5 Å². The normalized spacial score (nSPS) is 22.3. The van der Waals surface area contributed by atoms with E-state index in [0.29, 0.717) is 11.5 Å². The largest absolute Gasteiger partial charge is 0.353 e. The molecule has 0 N–H and O–H groups in total. The molecular weight excluding hydrogens is 342 g/mol. The molecule has 1 amide bonds. The van der Waals surface area contributed by atoms with Crippen LogP contribution in [0.2, 0.25) is 0 Å². The lowest BCUT2D eigenvalue weighted by molar-refractivity contribution is 0.0590.